The molecule has 2 aromatic rings. The van der Waals surface area contributed by atoms with Crippen LogP contribution >= 0.6 is 11.6 Å². The van der Waals surface area contributed by atoms with Crippen LogP contribution in [0.3, 0.4) is 0 Å². The van der Waals surface area contributed by atoms with E-state index < -0.39 is 0 Å². The summed E-state index contributed by atoms with van der Waals surface area (Å²) in [6.45, 7) is 2.56. The minimum absolute atomic E-state index is 0.123. The largest absolute Gasteiger partial charge is 0.497 e. The van der Waals surface area contributed by atoms with Gasteiger partial charge in [0.2, 0.25) is 5.91 Å². The van der Waals surface area contributed by atoms with E-state index in [-0.39, 0.29) is 18.4 Å². The molecule has 0 atom stereocenters. The van der Waals surface area contributed by atoms with Crippen molar-refractivity contribution in [1.29, 1.82) is 0 Å². The fraction of sp³-hybridized carbons (Fsp3) is 0.333. The topological polar surface area (TPSA) is 75.0 Å². The van der Waals surface area contributed by atoms with Gasteiger partial charge in [-0.3, -0.25) is 14.5 Å². The average molecular weight is 378 g/mol. The van der Waals surface area contributed by atoms with E-state index in [1.165, 1.54) is 6.26 Å². The monoisotopic (exact) mass is 377 g/mol. The smallest absolute Gasteiger partial charge is 0.289 e. The second-order valence-corrected chi connectivity index (χ2v) is 6.35. The van der Waals surface area contributed by atoms with Crippen molar-refractivity contribution >= 4 is 29.1 Å². The number of anilines is 1. The number of hydrogen-bond donors (Lipinski definition) is 1. The average Bonchev–Trinajstić information content (AvgIpc) is 3.18. The number of hydrogen-bond acceptors (Lipinski definition) is 5. The number of ether oxygens (including phenoxy) is 1. The van der Waals surface area contributed by atoms with Gasteiger partial charge in [-0.15, -0.1) is 0 Å². The third-order valence-electron chi connectivity index (χ3n) is 4.21. The van der Waals surface area contributed by atoms with Crippen molar-refractivity contribution in [2.24, 2.45) is 0 Å². The van der Waals surface area contributed by atoms with E-state index in [1.807, 2.05) is 4.90 Å². The lowest BCUT2D eigenvalue weighted by Crippen LogP contribution is -2.50. The first-order valence-electron chi connectivity index (χ1n) is 8.25. The lowest BCUT2D eigenvalue weighted by atomic mass is 10.2. The molecule has 2 heterocycles. The predicted molar refractivity (Wildman–Crippen MR) is 97.7 cm³/mol. The van der Waals surface area contributed by atoms with E-state index >= 15 is 0 Å². The SMILES string of the molecule is COc1ccc(Cl)c(NC(=O)CN2CCN(C(=O)c3ccco3)CC2)c1. The zero-order valence-corrected chi connectivity index (χ0v) is 15.2. The van der Waals surface area contributed by atoms with E-state index in [4.69, 9.17) is 20.8 Å². The standard InChI is InChI=1S/C18H20ClN3O4/c1-25-13-4-5-14(19)15(11-13)20-17(23)12-21-6-8-22(9-7-21)18(24)16-3-2-10-26-16/h2-5,10-11H,6-9,12H2,1H3,(H,20,23). The number of amides is 2. The number of carbonyl (C=O) groups excluding carboxylic acids is 2. The molecule has 8 heteroatoms. The van der Waals surface area contributed by atoms with Gasteiger partial charge >= 0.3 is 0 Å². The van der Waals surface area contributed by atoms with Crippen LogP contribution in [0.4, 0.5) is 5.69 Å². The Kier molecular flexibility index (Phi) is 5.80. The summed E-state index contributed by atoms with van der Waals surface area (Å²) in [7, 11) is 1.55. The van der Waals surface area contributed by atoms with Crippen molar-refractivity contribution < 1.29 is 18.7 Å². The molecule has 1 fully saturated rings. The zero-order valence-electron chi connectivity index (χ0n) is 14.4. The first-order valence-corrected chi connectivity index (χ1v) is 8.63. The molecule has 0 radical (unpaired) electrons. The fourth-order valence-corrected chi connectivity index (χ4v) is 2.95. The van der Waals surface area contributed by atoms with Gasteiger partial charge in [0.25, 0.3) is 5.91 Å². The van der Waals surface area contributed by atoms with Gasteiger partial charge in [0.05, 0.1) is 30.6 Å². The molecule has 1 aliphatic heterocycles. The number of carbonyl (C=O) groups is 2. The second-order valence-electron chi connectivity index (χ2n) is 5.94. The number of benzene rings is 1. The molecule has 1 aromatic heterocycles. The highest BCUT2D eigenvalue weighted by molar-refractivity contribution is 6.33. The summed E-state index contributed by atoms with van der Waals surface area (Å²) in [5.74, 6) is 0.673. The van der Waals surface area contributed by atoms with Crippen molar-refractivity contribution in [2.75, 3.05) is 45.2 Å². The maximum absolute atomic E-state index is 12.3. The highest BCUT2D eigenvalue weighted by Crippen LogP contribution is 2.26. The summed E-state index contributed by atoms with van der Waals surface area (Å²) in [6, 6.07) is 8.43. The molecular weight excluding hydrogens is 358 g/mol. The van der Waals surface area contributed by atoms with E-state index in [0.717, 1.165) is 0 Å². The lowest BCUT2D eigenvalue weighted by Gasteiger charge is -2.33. The van der Waals surface area contributed by atoms with Crippen LogP contribution in [0.15, 0.2) is 41.0 Å². The number of piperazine rings is 1. The van der Waals surface area contributed by atoms with Gasteiger partial charge in [-0.2, -0.15) is 0 Å². The molecule has 3 rings (SSSR count). The Balaban J connectivity index is 1.50. The Hall–Kier alpha value is -2.51. The van der Waals surface area contributed by atoms with Crippen molar-refractivity contribution in [3.05, 3.63) is 47.4 Å². The predicted octanol–water partition coefficient (Wildman–Crippen LogP) is 2.34. The Morgan fingerprint density at radius 2 is 2.00 bits per heavy atom. The summed E-state index contributed by atoms with van der Waals surface area (Å²) in [6.07, 6.45) is 1.48. The van der Waals surface area contributed by atoms with Crippen LogP contribution < -0.4 is 10.1 Å². The summed E-state index contributed by atoms with van der Waals surface area (Å²) < 4.78 is 10.3. The minimum Gasteiger partial charge on any atom is -0.497 e. The van der Waals surface area contributed by atoms with Gasteiger partial charge in [-0.05, 0) is 24.3 Å². The molecule has 2 amide bonds. The summed E-state index contributed by atoms with van der Waals surface area (Å²) in [5, 5.41) is 3.25. The molecule has 0 aliphatic carbocycles. The molecule has 1 aliphatic rings. The van der Waals surface area contributed by atoms with Crippen LogP contribution in [0.5, 0.6) is 5.75 Å². The second kappa shape index (κ2) is 8.25. The van der Waals surface area contributed by atoms with Crippen LogP contribution in [0.1, 0.15) is 10.6 Å². The molecule has 26 heavy (non-hydrogen) atoms. The summed E-state index contributed by atoms with van der Waals surface area (Å²) in [4.78, 5) is 28.2. The van der Waals surface area contributed by atoms with E-state index in [2.05, 4.69) is 5.32 Å². The summed E-state index contributed by atoms with van der Waals surface area (Å²) in [5.41, 5.74) is 0.516. The Labute approximate surface area is 156 Å². The minimum atomic E-state index is -0.161. The molecule has 0 bridgehead atoms. The highest BCUT2D eigenvalue weighted by Gasteiger charge is 2.24. The van der Waals surface area contributed by atoms with Crippen molar-refractivity contribution in [1.82, 2.24) is 9.80 Å². The molecular formula is C18H20ClN3O4. The van der Waals surface area contributed by atoms with Crippen LogP contribution in [0.2, 0.25) is 5.02 Å². The third-order valence-corrected chi connectivity index (χ3v) is 4.54. The van der Waals surface area contributed by atoms with Crippen LogP contribution in [0, 0.1) is 0 Å². The van der Waals surface area contributed by atoms with E-state index in [0.29, 0.717) is 48.4 Å². The molecule has 0 spiro atoms. The van der Waals surface area contributed by atoms with Gasteiger partial charge in [-0.1, -0.05) is 11.6 Å². The van der Waals surface area contributed by atoms with E-state index in [1.54, 1.807) is 42.3 Å². The Morgan fingerprint density at radius 3 is 2.65 bits per heavy atom. The van der Waals surface area contributed by atoms with Gasteiger partial charge in [0, 0.05) is 32.2 Å². The van der Waals surface area contributed by atoms with E-state index in [9.17, 15) is 9.59 Å². The number of furan rings is 1. The first-order chi connectivity index (χ1) is 12.6. The highest BCUT2D eigenvalue weighted by atomic mass is 35.5. The number of methoxy groups -OCH3 is 1. The molecule has 1 saturated heterocycles. The van der Waals surface area contributed by atoms with Gasteiger partial charge in [0.1, 0.15) is 5.75 Å². The maximum atomic E-state index is 12.3. The van der Waals surface area contributed by atoms with Gasteiger partial charge in [-0.25, -0.2) is 0 Å². The number of rotatable bonds is 5. The molecule has 1 aromatic carbocycles. The number of nitrogens with one attached hydrogen (secondary N) is 1. The molecule has 0 saturated carbocycles. The zero-order chi connectivity index (χ0) is 18.5. The van der Waals surface area contributed by atoms with Gasteiger partial charge in [0.15, 0.2) is 5.76 Å². The van der Waals surface area contributed by atoms with Crippen molar-refractivity contribution in [2.45, 2.75) is 0 Å². The van der Waals surface area contributed by atoms with Crippen LogP contribution in [0.25, 0.3) is 0 Å². The number of halogens is 1. The Morgan fingerprint density at radius 1 is 1.23 bits per heavy atom. The van der Waals surface area contributed by atoms with Gasteiger partial charge < -0.3 is 19.4 Å². The fourth-order valence-electron chi connectivity index (χ4n) is 2.79. The molecule has 1 N–H and O–H groups in total. The molecule has 7 nitrogen and oxygen atoms in total. The third kappa shape index (κ3) is 4.36. The Bertz CT molecular complexity index is 771. The quantitative estimate of drug-likeness (QED) is 0.865. The molecule has 0 unspecified atom stereocenters. The number of nitrogens with zero attached hydrogens (tertiary/aromatic N) is 2. The molecule has 138 valence electrons. The van der Waals surface area contributed by atoms with Crippen LogP contribution in [-0.2, 0) is 4.79 Å². The first kappa shape index (κ1) is 18.3. The maximum Gasteiger partial charge on any atom is 0.289 e. The normalized spacial score (nSPS) is 14.9. The van der Waals surface area contributed by atoms with Crippen molar-refractivity contribution in [3.63, 3.8) is 0 Å². The van der Waals surface area contributed by atoms with Crippen LogP contribution in [-0.4, -0.2) is 61.4 Å². The summed E-state index contributed by atoms with van der Waals surface area (Å²) >= 11 is 6.11. The lowest BCUT2D eigenvalue weighted by molar-refractivity contribution is -0.117. The van der Waals surface area contributed by atoms with Crippen molar-refractivity contribution in [3.8, 4) is 5.75 Å².